The van der Waals surface area contributed by atoms with Gasteiger partial charge in [-0.15, -0.1) is 5.10 Å². The Kier molecular flexibility index (Phi) is 2.64. The van der Waals surface area contributed by atoms with Gasteiger partial charge in [-0.2, -0.15) is 5.26 Å². The second-order valence-corrected chi connectivity index (χ2v) is 5.19. The summed E-state index contributed by atoms with van der Waals surface area (Å²) < 4.78 is 29.7. The number of halogens is 2. The van der Waals surface area contributed by atoms with E-state index in [9.17, 15) is 14.0 Å². The molecular weight excluding hydrogens is 264 g/mol. The predicted octanol–water partition coefficient (Wildman–Crippen LogP) is 2.10. The van der Waals surface area contributed by atoms with Gasteiger partial charge in [-0.1, -0.05) is 6.42 Å². The lowest BCUT2D eigenvalue weighted by atomic mass is 9.63. The number of anilines is 1. The highest BCUT2D eigenvalue weighted by atomic mass is 19.1. The fraction of sp³-hybridized carbons (Fsp3) is 0.462. The predicted molar refractivity (Wildman–Crippen MR) is 68.2 cm³/mol. The van der Waals surface area contributed by atoms with Gasteiger partial charge in [0.25, 0.3) is 0 Å². The first-order valence-corrected chi connectivity index (χ1v) is 6.38. The van der Waals surface area contributed by atoms with Gasteiger partial charge >= 0.3 is 0 Å². The summed E-state index contributed by atoms with van der Waals surface area (Å²) in [6.07, 6.45) is 1.99. The summed E-state index contributed by atoms with van der Waals surface area (Å²) in [7, 11) is 0. The first kappa shape index (κ1) is 12.8. The summed E-state index contributed by atoms with van der Waals surface area (Å²) in [5, 5.41) is 13.2. The smallest absolute Gasteiger partial charge is 0.238 e. The van der Waals surface area contributed by atoms with Crippen molar-refractivity contribution in [1.82, 2.24) is 14.6 Å². The number of nitrogen functional groups attached to an aromatic ring is 1. The van der Waals surface area contributed by atoms with Crippen molar-refractivity contribution in [2.24, 2.45) is 0 Å². The monoisotopic (exact) mass is 277 g/mol. The highest BCUT2D eigenvalue weighted by molar-refractivity contribution is 5.59. The van der Waals surface area contributed by atoms with Crippen LogP contribution in [-0.4, -0.2) is 20.8 Å². The van der Waals surface area contributed by atoms with E-state index in [0.717, 1.165) is 6.42 Å². The molecule has 3 rings (SSSR count). The van der Waals surface area contributed by atoms with Gasteiger partial charge in [0.2, 0.25) is 5.95 Å². The summed E-state index contributed by atoms with van der Waals surface area (Å²) in [6, 6.07) is 1.83. The first-order chi connectivity index (χ1) is 9.51. The molecule has 0 aromatic carbocycles. The van der Waals surface area contributed by atoms with E-state index in [1.807, 2.05) is 6.07 Å². The number of nitrogens with two attached hydrogens (primary N) is 1. The molecular formula is C13H13F2N5. The summed E-state index contributed by atoms with van der Waals surface area (Å²) in [6.45, 7) is 1.43. The highest BCUT2D eigenvalue weighted by Gasteiger charge is 2.49. The fourth-order valence-electron chi connectivity index (χ4n) is 2.96. The molecule has 5 nitrogen and oxygen atoms in total. The molecule has 1 aliphatic rings. The van der Waals surface area contributed by atoms with Crippen LogP contribution in [0.3, 0.4) is 0 Å². The van der Waals surface area contributed by atoms with E-state index in [2.05, 4.69) is 10.1 Å². The van der Waals surface area contributed by atoms with Crippen molar-refractivity contribution in [3.05, 3.63) is 23.3 Å². The standard InChI is InChI=1S/C13H13F2N5/c1-7(14)13(3-2-4-13)11-8(5-16)10(15)9-6-18-12(17)19-20(9)11/h6-7H,2-4H2,1H3,(H2,17,19). The molecule has 1 aliphatic carbocycles. The Balaban J connectivity index is 2.40. The van der Waals surface area contributed by atoms with E-state index >= 15 is 0 Å². The number of nitriles is 1. The molecule has 2 heterocycles. The molecule has 1 unspecified atom stereocenters. The molecule has 104 valence electrons. The molecule has 1 saturated carbocycles. The molecule has 2 aromatic rings. The van der Waals surface area contributed by atoms with Crippen molar-refractivity contribution >= 4 is 11.5 Å². The van der Waals surface area contributed by atoms with Gasteiger partial charge in [0.15, 0.2) is 5.82 Å². The third-order valence-corrected chi connectivity index (χ3v) is 4.23. The second kappa shape index (κ2) is 4.13. The number of rotatable bonds is 2. The Labute approximate surface area is 114 Å². The SMILES string of the molecule is CC(F)C1(c2c(C#N)c(F)c3cnc(N)nn23)CCC1. The quantitative estimate of drug-likeness (QED) is 0.911. The number of alkyl halides is 1. The number of aromatic nitrogens is 3. The van der Waals surface area contributed by atoms with Gasteiger partial charge in [-0.05, 0) is 19.8 Å². The maximum absolute atomic E-state index is 14.3. The van der Waals surface area contributed by atoms with Gasteiger partial charge in [0.05, 0.1) is 11.9 Å². The van der Waals surface area contributed by atoms with Crippen molar-refractivity contribution in [2.45, 2.75) is 37.8 Å². The molecule has 7 heteroatoms. The van der Waals surface area contributed by atoms with Crippen LogP contribution in [0.2, 0.25) is 0 Å². The maximum Gasteiger partial charge on any atom is 0.238 e. The van der Waals surface area contributed by atoms with Crippen LogP contribution in [0.4, 0.5) is 14.7 Å². The Hall–Kier alpha value is -2.23. The summed E-state index contributed by atoms with van der Waals surface area (Å²) in [5.41, 5.74) is 4.84. The molecule has 0 spiro atoms. The summed E-state index contributed by atoms with van der Waals surface area (Å²) in [4.78, 5) is 3.73. The fourth-order valence-corrected chi connectivity index (χ4v) is 2.96. The normalized spacial score (nSPS) is 18.5. The van der Waals surface area contributed by atoms with Gasteiger partial charge in [0, 0.05) is 5.41 Å². The molecule has 2 aromatic heterocycles. The van der Waals surface area contributed by atoms with Gasteiger partial charge in [-0.3, -0.25) is 0 Å². The molecule has 2 N–H and O–H groups in total. The lowest BCUT2D eigenvalue weighted by molar-refractivity contribution is 0.108. The minimum Gasteiger partial charge on any atom is -0.367 e. The average Bonchev–Trinajstić information content (AvgIpc) is 2.61. The number of nitrogens with zero attached hydrogens (tertiary/aromatic N) is 4. The van der Waals surface area contributed by atoms with Crippen LogP contribution in [0.1, 0.15) is 37.4 Å². The molecule has 0 amide bonds. The Bertz CT molecular complexity index is 724. The molecule has 0 saturated heterocycles. The molecule has 1 atom stereocenters. The van der Waals surface area contributed by atoms with Gasteiger partial charge in [0.1, 0.15) is 23.3 Å². The van der Waals surface area contributed by atoms with Crippen molar-refractivity contribution in [2.75, 3.05) is 5.73 Å². The number of hydrogen-bond acceptors (Lipinski definition) is 4. The number of fused-ring (bicyclic) bond motifs is 1. The Morgan fingerprint density at radius 2 is 2.25 bits per heavy atom. The highest BCUT2D eigenvalue weighted by Crippen LogP contribution is 2.49. The van der Waals surface area contributed by atoms with Crippen molar-refractivity contribution < 1.29 is 8.78 Å². The molecule has 0 radical (unpaired) electrons. The van der Waals surface area contributed by atoms with Crippen molar-refractivity contribution in [3.63, 3.8) is 0 Å². The average molecular weight is 277 g/mol. The van der Waals surface area contributed by atoms with Gasteiger partial charge in [-0.25, -0.2) is 18.3 Å². The first-order valence-electron chi connectivity index (χ1n) is 6.38. The third-order valence-electron chi connectivity index (χ3n) is 4.23. The molecule has 0 aliphatic heterocycles. The topological polar surface area (TPSA) is 80.0 Å². The van der Waals surface area contributed by atoms with E-state index in [1.165, 1.54) is 17.6 Å². The zero-order valence-corrected chi connectivity index (χ0v) is 10.9. The summed E-state index contributed by atoms with van der Waals surface area (Å²) >= 11 is 0. The van der Waals surface area contributed by atoms with Crippen molar-refractivity contribution in [1.29, 1.82) is 5.26 Å². The molecule has 0 bridgehead atoms. The van der Waals surface area contributed by atoms with E-state index in [-0.39, 0.29) is 22.7 Å². The summed E-state index contributed by atoms with van der Waals surface area (Å²) in [5.74, 6) is -0.756. The van der Waals surface area contributed by atoms with Crippen LogP contribution in [0.5, 0.6) is 0 Å². The van der Waals surface area contributed by atoms with Crippen LogP contribution in [-0.2, 0) is 5.41 Å². The molecule has 1 fully saturated rings. The third kappa shape index (κ3) is 1.45. The van der Waals surface area contributed by atoms with Crippen LogP contribution in [0, 0.1) is 17.1 Å². The second-order valence-electron chi connectivity index (χ2n) is 5.19. The van der Waals surface area contributed by atoms with Crippen LogP contribution >= 0.6 is 0 Å². The van der Waals surface area contributed by atoms with Gasteiger partial charge < -0.3 is 5.73 Å². The zero-order chi connectivity index (χ0) is 14.5. The van der Waals surface area contributed by atoms with Crippen LogP contribution in [0.15, 0.2) is 6.20 Å². The minimum atomic E-state index is -1.20. The lowest BCUT2D eigenvalue weighted by Crippen LogP contribution is -2.43. The lowest BCUT2D eigenvalue weighted by Gasteiger charge is -2.43. The van der Waals surface area contributed by atoms with E-state index in [0.29, 0.717) is 12.8 Å². The molecule has 20 heavy (non-hydrogen) atoms. The van der Waals surface area contributed by atoms with E-state index < -0.39 is 17.4 Å². The van der Waals surface area contributed by atoms with Crippen LogP contribution in [0.25, 0.3) is 5.52 Å². The Morgan fingerprint density at radius 3 is 2.75 bits per heavy atom. The Morgan fingerprint density at radius 1 is 1.55 bits per heavy atom. The van der Waals surface area contributed by atoms with Crippen molar-refractivity contribution in [3.8, 4) is 6.07 Å². The minimum absolute atomic E-state index is 0.0424. The zero-order valence-electron chi connectivity index (χ0n) is 10.9. The van der Waals surface area contributed by atoms with E-state index in [4.69, 9.17) is 5.73 Å². The largest absolute Gasteiger partial charge is 0.367 e. The number of hydrogen-bond donors (Lipinski definition) is 1. The van der Waals surface area contributed by atoms with Crippen LogP contribution < -0.4 is 5.73 Å². The maximum atomic E-state index is 14.3. The van der Waals surface area contributed by atoms with E-state index in [1.54, 1.807) is 0 Å².